The third kappa shape index (κ3) is 6.06. The van der Waals surface area contributed by atoms with Crippen LogP contribution in [0.4, 0.5) is 0 Å². The van der Waals surface area contributed by atoms with E-state index in [0.717, 1.165) is 36.7 Å². The van der Waals surface area contributed by atoms with Crippen molar-refractivity contribution in [2.75, 3.05) is 46.7 Å². The minimum atomic E-state index is -0.0176. The molecule has 0 unspecified atom stereocenters. The Morgan fingerprint density at radius 2 is 1.73 bits per heavy atom. The average molecular weight is 543 g/mol. The Morgan fingerprint density at radius 1 is 0.919 bits per heavy atom. The van der Waals surface area contributed by atoms with Crippen LogP contribution < -0.4 is 18.9 Å². The molecule has 194 valence electrons. The van der Waals surface area contributed by atoms with Gasteiger partial charge in [-0.2, -0.15) is 0 Å². The van der Waals surface area contributed by atoms with Crippen molar-refractivity contribution in [3.63, 3.8) is 0 Å². The second kappa shape index (κ2) is 11.5. The molecule has 0 radical (unpaired) electrons. The van der Waals surface area contributed by atoms with Gasteiger partial charge in [0.15, 0.2) is 23.0 Å². The predicted molar refractivity (Wildman–Crippen MR) is 142 cm³/mol. The number of hydrogen-bond acceptors (Lipinski definition) is 6. The fourth-order valence-corrected chi connectivity index (χ4v) is 5.01. The van der Waals surface area contributed by atoms with E-state index in [-0.39, 0.29) is 12.7 Å². The van der Waals surface area contributed by atoms with Gasteiger partial charge in [-0.25, -0.2) is 0 Å². The first-order valence-corrected chi connectivity index (χ1v) is 12.9. The number of amides is 1. The highest BCUT2D eigenvalue weighted by atomic mass is 35.5. The molecule has 7 nitrogen and oxygen atoms in total. The Hall–Kier alpha value is -3.13. The van der Waals surface area contributed by atoms with Crippen LogP contribution in [0.25, 0.3) is 0 Å². The van der Waals surface area contributed by atoms with Crippen molar-refractivity contribution >= 4 is 29.1 Å². The van der Waals surface area contributed by atoms with Crippen molar-refractivity contribution in [3.8, 4) is 23.0 Å². The maximum atomic E-state index is 13.3. The normalized spacial score (nSPS) is 15.1. The van der Waals surface area contributed by atoms with E-state index >= 15 is 0 Å². The van der Waals surface area contributed by atoms with E-state index in [1.807, 2.05) is 23.1 Å². The number of nitrogens with zero attached hydrogens (tertiary/aromatic N) is 2. The lowest BCUT2D eigenvalue weighted by Gasteiger charge is -2.35. The third-order valence-corrected chi connectivity index (χ3v) is 7.14. The SMILES string of the molecule is COc1ccc(C(=O)N2CCN(Cc3ccc4c(c3)OCO4)CC2)cc1OCCc1ccc(Cl)cc1Cl. The largest absolute Gasteiger partial charge is 0.493 e. The van der Waals surface area contributed by atoms with Crippen LogP contribution in [-0.4, -0.2) is 62.4 Å². The van der Waals surface area contributed by atoms with E-state index in [4.69, 9.17) is 42.1 Å². The van der Waals surface area contributed by atoms with E-state index in [9.17, 15) is 4.79 Å². The van der Waals surface area contributed by atoms with Crippen LogP contribution >= 0.6 is 23.2 Å². The molecule has 9 heteroatoms. The molecule has 2 aliphatic heterocycles. The van der Waals surface area contributed by atoms with E-state index < -0.39 is 0 Å². The molecule has 1 amide bonds. The van der Waals surface area contributed by atoms with Crippen LogP contribution in [0.15, 0.2) is 54.6 Å². The lowest BCUT2D eigenvalue weighted by molar-refractivity contribution is 0.0628. The summed E-state index contributed by atoms with van der Waals surface area (Å²) in [5.74, 6) is 2.67. The molecule has 0 saturated carbocycles. The Morgan fingerprint density at radius 3 is 2.51 bits per heavy atom. The van der Waals surface area contributed by atoms with Crippen molar-refractivity contribution in [3.05, 3.63) is 81.3 Å². The summed E-state index contributed by atoms with van der Waals surface area (Å²) in [6, 6.07) is 16.7. The maximum absolute atomic E-state index is 13.3. The zero-order valence-corrected chi connectivity index (χ0v) is 22.1. The second-order valence-electron chi connectivity index (χ2n) is 8.96. The molecule has 0 spiro atoms. The summed E-state index contributed by atoms with van der Waals surface area (Å²) in [7, 11) is 1.58. The molecule has 1 fully saturated rings. The predicted octanol–water partition coefficient (Wildman–Crippen LogP) is 5.31. The summed E-state index contributed by atoms with van der Waals surface area (Å²) < 4.78 is 22.3. The minimum absolute atomic E-state index is 0.0176. The third-order valence-electron chi connectivity index (χ3n) is 6.56. The number of benzene rings is 3. The van der Waals surface area contributed by atoms with Crippen LogP contribution in [0.5, 0.6) is 23.0 Å². The number of fused-ring (bicyclic) bond motifs is 1. The van der Waals surface area contributed by atoms with Gasteiger partial charge in [0.1, 0.15) is 0 Å². The van der Waals surface area contributed by atoms with Gasteiger partial charge in [0.2, 0.25) is 6.79 Å². The summed E-state index contributed by atoms with van der Waals surface area (Å²) in [5.41, 5.74) is 2.68. The van der Waals surface area contributed by atoms with Gasteiger partial charge in [-0.05, 0) is 53.6 Å². The van der Waals surface area contributed by atoms with Crippen LogP contribution in [0.2, 0.25) is 10.0 Å². The molecule has 0 aromatic heterocycles. The molecule has 3 aromatic carbocycles. The van der Waals surface area contributed by atoms with Crippen LogP contribution in [0.1, 0.15) is 21.5 Å². The standard InChI is InChI=1S/C28H28Cl2N2O5/c1-34-24-7-4-21(15-27(24)35-13-8-20-3-5-22(29)16-23(20)30)28(33)32-11-9-31(10-12-32)17-19-2-6-25-26(14-19)37-18-36-25/h2-7,14-16H,8-13,17-18H2,1H3. The van der Waals surface area contributed by atoms with Crippen molar-refractivity contribution in [1.29, 1.82) is 0 Å². The molecular formula is C28H28Cl2N2O5. The molecule has 3 aromatic rings. The molecule has 37 heavy (non-hydrogen) atoms. The number of ether oxygens (including phenoxy) is 4. The molecule has 2 aliphatic rings. The number of hydrogen-bond donors (Lipinski definition) is 0. The van der Waals surface area contributed by atoms with E-state index in [1.54, 1.807) is 37.4 Å². The maximum Gasteiger partial charge on any atom is 0.254 e. The fraction of sp³-hybridized carbons (Fsp3) is 0.321. The monoisotopic (exact) mass is 542 g/mol. The highest BCUT2D eigenvalue weighted by Crippen LogP contribution is 2.33. The lowest BCUT2D eigenvalue weighted by Crippen LogP contribution is -2.48. The van der Waals surface area contributed by atoms with Gasteiger partial charge in [0.05, 0.1) is 13.7 Å². The Labute approximate surface area is 226 Å². The second-order valence-corrected chi connectivity index (χ2v) is 9.80. The van der Waals surface area contributed by atoms with Gasteiger partial charge in [0.25, 0.3) is 5.91 Å². The highest BCUT2D eigenvalue weighted by molar-refractivity contribution is 6.35. The topological polar surface area (TPSA) is 60.5 Å². The minimum Gasteiger partial charge on any atom is -0.493 e. The Balaban J connectivity index is 1.17. The number of piperazine rings is 1. The molecule has 0 atom stereocenters. The summed E-state index contributed by atoms with van der Waals surface area (Å²) in [4.78, 5) is 17.5. The summed E-state index contributed by atoms with van der Waals surface area (Å²) in [5, 5.41) is 1.20. The van der Waals surface area contributed by atoms with Gasteiger partial charge < -0.3 is 23.8 Å². The van der Waals surface area contributed by atoms with E-state index in [2.05, 4.69) is 11.0 Å². The van der Waals surface area contributed by atoms with Gasteiger partial charge in [-0.1, -0.05) is 35.3 Å². The first kappa shape index (κ1) is 25.5. The van der Waals surface area contributed by atoms with Gasteiger partial charge in [0, 0.05) is 54.8 Å². The summed E-state index contributed by atoms with van der Waals surface area (Å²) in [6.07, 6.45) is 0.600. The Kier molecular flexibility index (Phi) is 7.93. The zero-order valence-electron chi connectivity index (χ0n) is 20.5. The first-order valence-electron chi connectivity index (χ1n) is 12.1. The number of carbonyl (C=O) groups excluding carboxylic acids is 1. The van der Waals surface area contributed by atoms with Gasteiger partial charge in [-0.15, -0.1) is 0 Å². The number of methoxy groups -OCH3 is 1. The van der Waals surface area contributed by atoms with Crippen molar-refractivity contribution in [1.82, 2.24) is 9.80 Å². The molecule has 5 rings (SSSR count). The van der Waals surface area contributed by atoms with Crippen LogP contribution in [0, 0.1) is 0 Å². The molecule has 1 saturated heterocycles. The molecule has 0 N–H and O–H groups in total. The molecular weight excluding hydrogens is 515 g/mol. The molecule has 2 heterocycles. The van der Waals surface area contributed by atoms with E-state index in [0.29, 0.717) is 53.2 Å². The van der Waals surface area contributed by atoms with Crippen molar-refractivity contribution < 1.29 is 23.7 Å². The van der Waals surface area contributed by atoms with Crippen LogP contribution in [-0.2, 0) is 13.0 Å². The summed E-state index contributed by atoms with van der Waals surface area (Å²) >= 11 is 12.3. The quantitative estimate of drug-likeness (QED) is 0.384. The summed E-state index contributed by atoms with van der Waals surface area (Å²) in [6.45, 7) is 4.35. The first-order chi connectivity index (χ1) is 18.0. The zero-order chi connectivity index (χ0) is 25.8. The van der Waals surface area contributed by atoms with Gasteiger partial charge >= 0.3 is 0 Å². The van der Waals surface area contributed by atoms with Crippen LogP contribution in [0.3, 0.4) is 0 Å². The van der Waals surface area contributed by atoms with E-state index in [1.165, 1.54) is 5.56 Å². The molecule has 0 bridgehead atoms. The smallest absolute Gasteiger partial charge is 0.254 e. The molecule has 0 aliphatic carbocycles. The lowest BCUT2D eigenvalue weighted by atomic mass is 10.1. The number of rotatable bonds is 8. The fourth-order valence-electron chi connectivity index (χ4n) is 4.51. The number of halogens is 2. The van der Waals surface area contributed by atoms with Crippen molar-refractivity contribution in [2.24, 2.45) is 0 Å². The van der Waals surface area contributed by atoms with Crippen molar-refractivity contribution in [2.45, 2.75) is 13.0 Å². The number of carbonyl (C=O) groups is 1. The highest BCUT2D eigenvalue weighted by Gasteiger charge is 2.24. The van der Waals surface area contributed by atoms with Gasteiger partial charge in [-0.3, -0.25) is 9.69 Å². The average Bonchev–Trinajstić information content (AvgIpc) is 3.38. The Bertz CT molecular complexity index is 1280.